The Bertz CT molecular complexity index is 1120. The molecule has 0 spiro atoms. The number of hydrogen-bond donors (Lipinski definition) is 8. The Balaban J connectivity index is 2.19. The highest BCUT2D eigenvalue weighted by Crippen LogP contribution is 2.13. The SMILES string of the molecule is NC(=O)CC(NC(=O)C(Cc1ccc(O)cc1)NC(=O)C(N)Cc1ccc(O)cc1)C(=O)NCC(=O)O. The van der Waals surface area contributed by atoms with Crippen LogP contribution in [-0.4, -0.2) is 69.6 Å². The zero-order valence-electron chi connectivity index (χ0n) is 19.7. The molecule has 0 aliphatic heterocycles. The van der Waals surface area contributed by atoms with Gasteiger partial charge in [-0.1, -0.05) is 24.3 Å². The second-order valence-corrected chi connectivity index (χ2v) is 8.25. The van der Waals surface area contributed by atoms with Gasteiger partial charge in [0.05, 0.1) is 12.5 Å². The molecule has 13 nitrogen and oxygen atoms in total. The first-order chi connectivity index (χ1) is 17.4. The fraction of sp³-hybridized carbons (Fsp3) is 0.292. The number of nitrogens with one attached hydrogen (secondary N) is 3. The lowest BCUT2D eigenvalue weighted by atomic mass is 10.0. The number of carboxylic acids is 1. The third kappa shape index (κ3) is 9.85. The van der Waals surface area contributed by atoms with Gasteiger partial charge in [0.25, 0.3) is 0 Å². The van der Waals surface area contributed by atoms with Gasteiger partial charge in [-0.2, -0.15) is 0 Å². The van der Waals surface area contributed by atoms with Gasteiger partial charge in [-0.05, 0) is 41.8 Å². The number of aromatic hydroxyl groups is 2. The van der Waals surface area contributed by atoms with Gasteiger partial charge in [0.2, 0.25) is 23.6 Å². The van der Waals surface area contributed by atoms with E-state index in [4.69, 9.17) is 16.6 Å². The van der Waals surface area contributed by atoms with Gasteiger partial charge in [-0.15, -0.1) is 0 Å². The number of amides is 4. The Hall–Kier alpha value is -4.65. The standard InChI is InChI=1S/C24H29N5O8/c25-17(9-13-1-5-15(30)6-2-13)22(35)28-18(10-14-3-7-16(31)8-4-14)24(37)29-19(11-20(26)32)23(36)27-12-21(33)34/h1-8,17-19,30-31H,9-12,25H2,(H2,26,32)(H,27,36)(H,28,35)(H,29,37)(H,33,34). The molecule has 0 aliphatic carbocycles. The third-order valence-corrected chi connectivity index (χ3v) is 5.19. The molecule has 10 N–H and O–H groups in total. The maximum Gasteiger partial charge on any atom is 0.322 e. The first-order valence-corrected chi connectivity index (χ1v) is 11.1. The van der Waals surface area contributed by atoms with Crippen LogP contribution in [0.5, 0.6) is 11.5 Å². The van der Waals surface area contributed by atoms with Crippen molar-refractivity contribution >= 4 is 29.6 Å². The van der Waals surface area contributed by atoms with E-state index in [1.54, 1.807) is 12.1 Å². The van der Waals surface area contributed by atoms with Crippen molar-refractivity contribution < 1.29 is 39.3 Å². The van der Waals surface area contributed by atoms with E-state index >= 15 is 0 Å². The molecule has 3 atom stereocenters. The van der Waals surface area contributed by atoms with Crippen LogP contribution >= 0.6 is 0 Å². The number of rotatable bonds is 13. The zero-order chi connectivity index (χ0) is 27.5. The lowest BCUT2D eigenvalue weighted by Gasteiger charge is -2.24. The summed E-state index contributed by atoms with van der Waals surface area (Å²) in [5.41, 5.74) is 12.4. The Morgan fingerprint density at radius 3 is 1.70 bits per heavy atom. The quantitative estimate of drug-likeness (QED) is 0.151. The molecule has 2 rings (SSSR count). The van der Waals surface area contributed by atoms with E-state index in [9.17, 15) is 34.2 Å². The number of hydrogen-bond acceptors (Lipinski definition) is 8. The number of phenols is 2. The van der Waals surface area contributed by atoms with Crippen molar-refractivity contribution in [2.24, 2.45) is 11.5 Å². The summed E-state index contributed by atoms with van der Waals surface area (Å²) in [6.07, 6.45) is -0.581. The van der Waals surface area contributed by atoms with E-state index in [0.29, 0.717) is 11.1 Å². The Labute approximate surface area is 211 Å². The van der Waals surface area contributed by atoms with Crippen LogP contribution in [0, 0.1) is 0 Å². The molecule has 3 unspecified atom stereocenters. The van der Waals surface area contributed by atoms with Crippen LogP contribution in [0.1, 0.15) is 17.5 Å². The van der Waals surface area contributed by atoms with Gasteiger partial charge in [-0.25, -0.2) is 0 Å². The van der Waals surface area contributed by atoms with E-state index in [2.05, 4.69) is 16.0 Å². The van der Waals surface area contributed by atoms with Gasteiger partial charge in [0.15, 0.2) is 0 Å². The maximum atomic E-state index is 13.1. The molecular weight excluding hydrogens is 486 g/mol. The first kappa shape index (κ1) is 28.6. The number of carbonyl (C=O) groups excluding carboxylic acids is 4. The molecule has 0 heterocycles. The van der Waals surface area contributed by atoms with E-state index in [0.717, 1.165) is 0 Å². The van der Waals surface area contributed by atoms with Crippen LogP contribution in [0.2, 0.25) is 0 Å². The molecule has 2 aromatic rings. The van der Waals surface area contributed by atoms with E-state index < -0.39 is 60.7 Å². The predicted octanol–water partition coefficient (Wildman–Crippen LogP) is -1.74. The number of aliphatic carboxylic acids is 1. The first-order valence-electron chi connectivity index (χ1n) is 11.1. The van der Waals surface area contributed by atoms with Crippen LogP contribution in [0.4, 0.5) is 0 Å². The summed E-state index contributed by atoms with van der Waals surface area (Å²) in [6, 6.07) is 8.07. The molecule has 0 fully saturated rings. The van der Waals surface area contributed by atoms with Crippen molar-refractivity contribution in [2.75, 3.05) is 6.54 Å². The Morgan fingerprint density at radius 1 is 0.730 bits per heavy atom. The van der Waals surface area contributed by atoms with Gasteiger partial charge in [0, 0.05) is 6.42 Å². The van der Waals surface area contributed by atoms with Crippen LogP contribution < -0.4 is 27.4 Å². The summed E-state index contributed by atoms with van der Waals surface area (Å²) in [5, 5.41) is 34.6. The Morgan fingerprint density at radius 2 is 1.22 bits per heavy atom. The average Bonchev–Trinajstić information content (AvgIpc) is 2.83. The molecule has 0 saturated heterocycles. The molecule has 0 bridgehead atoms. The van der Waals surface area contributed by atoms with Gasteiger partial charge < -0.3 is 42.7 Å². The minimum absolute atomic E-state index is 0.0127. The smallest absolute Gasteiger partial charge is 0.322 e. The molecular formula is C24H29N5O8. The minimum Gasteiger partial charge on any atom is -0.508 e. The number of nitrogens with two attached hydrogens (primary N) is 2. The van der Waals surface area contributed by atoms with Crippen LogP contribution in [0.25, 0.3) is 0 Å². The minimum atomic E-state index is -1.49. The van der Waals surface area contributed by atoms with Crippen molar-refractivity contribution in [2.45, 2.75) is 37.4 Å². The van der Waals surface area contributed by atoms with E-state index in [1.165, 1.54) is 36.4 Å². The van der Waals surface area contributed by atoms with Crippen molar-refractivity contribution in [3.05, 3.63) is 59.7 Å². The third-order valence-electron chi connectivity index (χ3n) is 5.19. The summed E-state index contributed by atoms with van der Waals surface area (Å²) < 4.78 is 0. The van der Waals surface area contributed by atoms with Crippen molar-refractivity contribution in [1.82, 2.24) is 16.0 Å². The summed E-state index contributed by atoms with van der Waals surface area (Å²) in [4.78, 5) is 60.5. The van der Waals surface area contributed by atoms with Crippen molar-refractivity contribution in [3.63, 3.8) is 0 Å². The molecule has 2 aromatic carbocycles. The molecule has 0 aliphatic rings. The maximum absolute atomic E-state index is 13.1. The molecule has 0 saturated carbocycles. The summed E-state index contributed by atoms with van der Waals surface area (Å²) in [5.74, 6) is -4.72. The molecule has 0 radical (unpaired) electrons. The van der Waals surface area contributed by atoms with Gasteiger partial charge in [-0.3, -0.25) is 24.0 Å². The number of carboxylic acid groups (broad SMARTS) is 1. The number of carbonyl (C=O) groups is 5. The summed E-state index contributed by atoms with van der Waals surface area (Å²) in [6.45, 7) is -0.746. The Kier molecular flexibility index (Phi) is 10.4. The topological polar surface area (TPSA) is 234 Å². The predicted molar refractivity (Wildman–Crippen MR) is 130 cm³/mol. The van der Waals surface area contributed by atoms with E-state index in [1.807, 2.05) is 0 Å². The second-order valence-electron chi connectivity index (χ2n) is 8.25. The summed E-state index contributed by atoms with van der Waals surface area (Å²) in [7, 11) is 0. The van der Waals surface area contributed by atoms with Crippen LogP contribution in [0.15, 0.2) is 48.5 Å². The number of primary amides is 1. The van der Waals surface area contributed by atoms with Crippen LogP contribution in [-0.2, 0) is 36.8 Å². The lowest BCUT2D eigenvalue weighted by Crippen LogP contribution is -2.57. The highest BCUT2D eigenvalue weighted by molar-refractivity contribution is 5.95. The molecule has 13 heteroatoms. The monoisotopic (exact) mass is 515 g/mol. The van der Waals surface area contributed by atoms with Gasteiger partial charge >= 0.3 is 5.97 Å². The second kappa shape index (κ2) is 13.4. The fourth-order valence-electron chi connectivity index (χ4n) is 3.30. The molecule has 0 aromatic heterocycles. The highest BCUT2D eigenvalue weighted by Gasteiger charge is 2.29. The molecule has 198 valence electrons. The van der Waals surface area contributed by atoms with Crippen molar-refractivity contribution in [1.29, 1.82) is 0 Å². The molecule has 37 heavy (non-hydrogen) atoms. The van der Waals surface area contributed by atoms with E-state index in [-0.39, 0.29) is 24.3 Å². The van der Waals surface area contributed by atoms with Crippen LogP contribution in [0.3, 0.4) is 0 Å². The average molecular weight is 516 g/mol. The lowest BCUT2D eigenvalue weighted by molar-refractivity contribution is -0.138. The number of benzene rings is 2. The highest BCUT2D eigenvalue weighted by atomic mass is 16.4. The normalized spacial score (nSPS) is 13.0. The summed E-state index contributed by atoms with van der Waals surface area (Å²) >= 11 is 0. The van der Waals surface area contributed by atoms with Gasteiger partial charge in [0.1, 0.15) is 30.1 Å². The zero-order valence-corrected chi connectivity index (χ0v) is 19.7. The van der Waals surface area contributed by atoms with Crippen molar-refractivity contribution in [3.8, 4) is 11.5 Å². The molecule has 4 amide bonds. The fourth-order valence-corrected chi connectivity index (χ4v) is 3.30. The number of phenolic OH excluding ortho intramolecular Hbond substituents is 2. The largest absolute Gasteiger partial charge is 0.508 e.